The number of benzene rings is 2. The summed E-state index contributed by atoms with van der Waals surface area (Å²) in [5, 5.41) is 0.833. The maximum Gasteiger partial charge on any atom is 0.256 e. The van der Waals surface area contributed by atoms with Gasteiger partial charge in [0.2, 0.25) is 0 Å². The first kappa shape index (κ1) is 34.0. The van der Waals surface area contributed by atoms with Gasteiger partial charge in [-0.2, -0.15) is 0 Å². The Balaban J connectivity index is 0.000000457. The molecule has 0 aliphatic carbocycles. The van der Waals surface area contributed by atoms with Gasteiger partial charge in [-0.05, 0) is 58.4 Å². The maximum absolute atomic E-state index is 13.5. The third kappa shape index (κ3) is 10.3. The SMILES string of the molecule is CC(=O)c1ccc2[nH]c(C)c(C(=O)N3CCN(Cc4ccc(C)cc4)C[C@H]3C)c2c1.CC=O.CCCCCCCC. The number of aromatic nitrogens is 1. The van der Waals surface area contributed by atoms with Crippen molar-refractivity contribution in [2.45, 2.75) is 99.6 Å². The highest BCUT2D eigenvalue weighted by Gasteiger charge is 2.30. The summed E-state index contributed by atoms with van der Waals surface area (Å²) in [5.41, 5.74) is 5.64. The van der Waals surface area contributed by atoms with E-state index >= 15 is 0 Å². The second-order valence-corrected chi connectivity index (χ2v) is 11.2. The Hall–Kier alpha value is -3.25. The Bertz CT molecular complexity index is 1240. The van der Waals surface area contributed by atoms with Crippen LogP contribution in [-0.4, -0.2) is 58.4 Å². The molecular formula is C35H51N3O3. The number of fused-ring (bicyclic) bond motifs is 1. The highest BCUT2D eigenvalue weighted by molar-refractivity contribution is 6.10. The standard InChI is InChI=1S/C25H29N3O2.C8H18.C2H4O/c1-16-5-7-20(8-6-16)15-27-11-12-28(17(2)14-27)25(30)24-18(3)26-23-10-9-21(19(4)29)13-22(23)24;1-3-5-7-8-6-4-2;1-2-3/h5-10,13,17,26H,11-12,14-15H2,1-4H3;3-8H2,1-2H3;2H,1H3/t17-;;/m1../s1. The zero-order valence-corrected chi connectivity index (χ0v) is 26.4. The average Bonchev–Trinajstić information content (AvgIpc) is 3.28. The van der Waals surface area contributed by atoms with Crippen LogP contribution < -0.4 is 0 Å². The van der Waals surface area contributed by atoms with Gasteiger partial charge >= 0.3 is 0 Å². The number of piperazine rings is 1. The van der Waals surface area contributed by atoms with Gasteiger partial charge < -0.3 is 14.7 Å². The number of carbonyl (C=O) groups is 3. The van der Waals surface area contributed by atoms with E-state index in [1.54, 1.807) is 13.0 Å². The van der Waals surface area contributed by atoms with Crippen molar-refractivity contribution < 1.29 is 14.4 Å². The molecule has 0 spiro atoms. The molecule has 0 radical (unpaired) electrons. The van der Waals surface area contributed by atoms with Crippen LogP contribution >= 0.6 is 0 Å². The maximum atomic E-state index is 13.5. The van der Waals surface area contributed by atoms with Gasteiger partial charge in [0.05, 0.1) is 5.56 Å². The third-order valence-corrected chi connectivity index (χ3v) is 7.56. The van der Waals surface area contributed by atoms with Gasteiger partial charge in [-0.3, -0.25) is 14.5 Å². The Morgan fingerprint density at radius 1 is 0.951 bits per heavy atom. The highest BCUT2D eigenvalue weighted by atomic mass is 16.2. The molecule has 1 atom stereocenters. The molecule has 1 fully saturated rings. The number of ketones is 1. The molecule has 41 heavy (non-hydrogen) atoms. The summed E-state index contributed by atoms with van der Waals surface area (Å²) in [6.45, 7) is 17.0. The molecule has 0 bridgehead atoms. The average molecular weight is 562 g/mol. The number of nitrogens with one attached hydrogen (secondary N) is 1. The molecule has 2 aromatic carbocycles. The molecule has 1 N–H and O–H groups in total. The van der Waals surface area contributed by atoms with Gasteiger partial charge in [0.15, 0.2) is 5.78 Å². The van der Waals surface area contributed by atoms with Crippen molar-refractivity contribution in [3.05, 3.63) is 70.4 Å². The number of nitrogens with zero attached hydrogens (tertiary/aromatic N) is 2. The molecule has 1 aromatic heterocycles. The fourth-order valence-electron chi connectivity index (χ4n) is 5.25. The fraction of sp³-hybridized carbons (Fsp3) is 0.514. The van der Waals surface area contributed by atoms with E-state index in [1.165, 1.54) is 56.6 Å². The highest BCUT2D eigenvalue weighted by Crippen LogP contribution is 2.27. The van der Waals surface area contributed by atoms with Crippen molar-refractivity contribution in [3.8, 4) is 0 Å². The summed E-state index contributed by atoms with van der Waals surface area (Å²) in [6.07, 6.45) is 9.24. The Kier molecular flexibility index (Phi) is 14.5. The number of H-pyrrole nitrogens is 1. The second kappa shape index (κ2) is 17.5. The molecule has 2 heterocycles. The Labute approximate surface area is 247 Å². The van der Waals surface area contributed by atoms with Crippen molar-refractivity contribution in [1.82, 2.24) is 14.8 Å². The van der Waals surface area contributed by atoms with E-state index in [9.17, 15) is 9.59 Å². The van der Waals surface area contributed by atoms with Crippen molar-refractivity contribution in [3.63, 3.8) is 0 Å². The zero-order valence-electron chi connectivity index (χ0n) is 26.4. The van der Waals surface area contributed by atoms with Crippen LogP contribution in [0.2, 0.25) is 0 Å². The lowest BCUT2D eigenvalue weighted by Crippen LogP contribution is -2.53. The van der Waals surface area contributed by atoms with Crippen LogP contribution in [0.4, 0.5) is 0 Å². The minimum absolute atomic E-state index is 0.00670. The van der Waals surface area contributed by atoms with Crippen LogP contribution in [-0.2, 0) is 11.3 Å². The molecule has 6 heteroatoms. The number of aldehydes is 1. The molecule has 6 nitrogen and oxygen atoms in total. The molecule has 1 aliphatic rings. The predicted molar refractivity (Wildman–Crippen MR) is 171 cm³/mol. The van der Waals surface area contributed by atoms with Crippen molar-refractivity contribution in [2.24, 2.45) is 0 Å². The quantitative estimate of drug-likeness (QED) is 0.164. The first-order valence-corrected chi connectivity index (χ1v) is 15.3. The largest absolute Gasteiger partial charge is 0.358 e. The van der Waals surface area contributed by atoms with E-state index in [-0.39, 0.29) is 17.7 Å². The van der Waals surface area contributed by atoms with Crippen LogP contribution in [0, 0.1) is 13.8 Å². The summed E-state index contributed by atoms with van der Waals surface area (Å²) in [7, 11) is 0. The number of amides is 1. The molecule has 3 aromatic rings. The van der Waals surface area contributed by atoms with Crippen molar-refractivity contribution in [1.29, 1.82) is 0 Å². The van der Waals surface area contributed by atoms with Gasteiger partial charge in [-0.25, -0.2) is 0 Å². The molecular weight excluding hydrogens is 510 g/mol. The fourth-order valence-corrected chi connectivity index (χ4v) is 5.25. The lowest BCUT2D eigenvalue weighted by atomic mass is 10.0. The van der Waals surface area contributed by atoms with Crippen LogP contribution in [0.1, 0.15) is 111 Å². The molecule has 4 rings (SSSR count). The van der Waals surface area contributed by atoms with Gasteiger partial charge in [-0.1, -0.05) is 82.2 Å². The second-order valence-electron chi connectivity index (χ2n) is 11.2. The number of rotatable bonds is 9. The molecule has 224 valence electrons. The third-order valence-electron chi connectivity index (χ3n) is 7.56. The summed E-state index contributed by atoms with van der Waals surface area (Å²) in [6, 6.07) is 14.3. The van der Waals surface area contributed by atoms with Gasteiger partial charge in [0.1, 0.15) is 6.29 Å². The number of Topliss-reactive ketones (excluding diaryl/α,β-unsaturated/α-hetero) is 1. The van der Waals surface area contributed by atoms with E-state index in [1.807, 2.05) is 24.0 Å². The minimum Gasteiger partial charge on any atom is -0.358 e. The number of hydrogen-bond acceptors (Lipinski definition) is 4. The summed E-state index contributed by atoms with van der Waals surface area (Å²) in [4.78, 5) is 41.8. The van der Waals surface area contributed by atoms with Gasteiger partial charge in [-0.15, -0.1) is 0 Å². The zero-order chi connectivity index (χ0) is 30.4. The van der Waals surface area contributed by atoms with Crippen LogP contribution in [0.15, 0.2) is 42.5 Å². The minimum atomic E-state index is 0.00670. The summed E-state index contributed by atoms with van der Waals surface area (Å²) in [5.74, 6) is 0.0502. The van der Waals surface area contributed by atoms with Gasteiger partial charge in [0.25, 0.3) is 5.91 Å². The first-order valence-electron chi connectivity index (χ1n) is 15.3. The summed E-state index contributed by atoms with van der Waals surface area (Å²) < 4.78 is 0. The monoisotopic (exact) mass is 561 g/mol. The van der Waals surface area contributed by atoms with Gasteiger partial charge in [0, 0.05) is 54.4 Å². The number of aryl methyl sites for hydroxylation is 2. The molecule has 1 amide bonds. The molecule has 0 saturated carbocycles. The lowest BCUT2D eigenvalue weighted by molar-refractivity contribution is -0.106. The van der Waals surface area contributed by atoms with Crippen LogP contribution in [0.3, 0.4) is 0 Å². The molecule has 1 aliphatic heterocycles. The van der Waals surface area contributed by atoms with Crippen LogP contribution in [0.25, 0.3) is 10.9 Å². The lowest BCUT2D eigenvalue weighted by Gasteiger charge is -2.40. The van der Waals surface area contributed by atoms with E-state index in [0.29, 0.717) is 17.7 Å². The Morgan fingerprint density at radius 2 is 1.56 bits per heavy atom. The first-order chi connectivity index (χ1) is 19.7. The number of hydrogen-bond donors (Lipinski definition) is 1. The molecule has 0 unspecified atom stereocenters. The molecule has 1 saturated heterocycles. The van der Waals surface area contributed by atoms with Crippen molar-refractivity contribution >= 4 is 28.9 Å². The number of carbonyl (C=O) groups excluding carboxylic acids is 3. The van der Waals surface area contributed by atoms with Crippen LogP contribution in [0.5, 0.6) is 0 Å². The van der Waals surface area contributed by atoms with E-state index < -0.39 is 0 Å². The predicted octanol–water partition coefficient (Wildman–Crippen LogP) is 7.91. The smallest absolute Gasteiger partial charge is 0.256 e. The number of aromatic amines is 1. The number of unbranched alkanes of at least 4 members (excludes halogenated alkanes) is 5. The van der Waals surface area contributed by atoms with E-state index in [0.717, 1.165) is 42.5 Å². The van der Waals surface area contributed by atoms with E-state index in [2.05, 4.69) is 61.8 Å². The Morgan fingerprint density at radius 3 is 2.10 bits per heavy atom. The van der Waals surface area contributed by atoms with E-state index in [4.69, 9.17) is 4.79 Å². The topological polar surface area (TPSA) is 73.5 Å². The van der Waals surface area contributed by atoms with Crippen molar-refractivity contribution in [2.75, 3.05) is 19.6 Å². The summed E-state index contributed by atoms with van der Waals surface area (Å²) >= 11 is 0. The normalized spacial score (nSPS) is 15.0.